The van der Waals surface area contributed by atoms with Crippen LogP contribution in [0.2, 0.25) is 0 Å². The standard InChI is InChI=1S/C14H19FN2O3S/c1-3-21(19,20)17-9-7-16(8-10-17)13-6-4-5-12(15)14(13)11(2)18/h4-6H,3,7-10H2,1-2H3. The van der Waals surface area contributed by atoms with Crippen molar-refractivity contribution < 1.29 is 17.6 Å². The summed E-state index contributed by atoms with van der Waals surface area (Å²) in [6, 6.07) is 4.52. The summed E-state index contributed by atoms with van der Waals surface area (Å²) in [7, 11) is -3.20. The topological polar surface area (TPSA) is 57.7 Å². The molecule has 1 aromatic rings. The summed E-state index contributed by atoms with van der Waals surface area (Å²) in [6.45, 7) is 4.54. The van der Waals surface area contributed by atoms with Crippen molar-refractivity contribution in [3.8, 4) is 0 Å². The summed E-state index contributed by atoms with van der Waals surface area (Å²) >= 11 is 0. The first-order chi connectivity index (χ1) is 9.86. The van der Waals surface area contributed by atoms with Crippen molar-refractivity contribution in [1.82, 2.24) is 4.31 Å². The zero-order valence-corrected chi connectivity index (χ0v) is 13.0. The van der Waals surface area contributed by atoms with Gasteiger partial charge in [0.05, 0.1) is 17.0 Å². The summed E-state index contributed by atoms with van der Waals surface area (Å²) in [5, 5.41) is 0. The van der Waals surface area contributed by atoms with Crippen molar-refractivity contribution in [1.29, 1.82) is 0 Å². The molecule has 1 aromatic carbocycles. The van der Waals surface area contributed by atoms with E-state index in [4.69, 9.17) is 0 Å². The van der Waals surface area contributed by atoms with Gasteiger partial charge in [-0.05, 0) is 26.0 Å². The van der Waals surface area contributed by atoms with Crippen LogP contribution in [0.1, 0.15) is 24.2 Å². The van der Waals surface area contributed by atoms with E-state index in [1.54, 1.807) is 19.1 Å². The zero-order chi connectivity index (χ0) is 15.6. The highest BCUT2D eigenvalue weighted by atomic mass is 32.2. The largest absolute Gasteiger partial charge is 0.368 e. The van der Waals surface area contributed by atoms with Crippen molar-refractivity contribution in [2.24, 2.45) is 0 Å². The van der Waals surface area contributed by atoms with Crippen LogP contribution in [0, 0.1) is 5.82 Å². The number of benzene rings is 1. The number of piperazine rings is 1. The quantitative estimate of drug-likeness (QED) is 0.790. The highest BCUT2D eigenvalue weighted by Gasteiger charge is 2.27. The minimum atomic E-state index is -3.20. The second-order valence-electron chi connectivity index (χ2n) is 4.98. The molecule has 0 bridgehead atoms. The molecule has 2 rings (SSSR count). The van der Waals surface area contributed by atoms with Crippen molar-refractivity contribution in [3.05, 3.63) is 29.6 Å². The second kappa shape index (κ2) is 6.11. The van der Waals surface area contributed by atoms with E-state index in [1.807, 2.05) is 4.90 Å². The van der Waals surface area contributed by atoms with Crippen LogP contribution in [-0.2, 0) is 10.0 Å². The first-order valence-corrected chi connectivity index (χ1v) is 8.50. The van der Waals surface area contributed by atoms with Gasteiger partial charge >= 0.3 is 0 Å². The van der Waals surface area contributed by atoms with E-state index < -0.39 is 15.8 Å². The molecule has 21 heavy (non-hydrogen) atoms. The van der Waals surface area contributed by atoms with E-state index >= 15 is 0 Å². The van der Waals surface area contributed by atoms with E-state index in [9.17, 15) is 17.6 Å². The number of ketones is 1. The highest BCUT2D eigenvalue weighted by molar-refractivity contribution is 7.89. The number of halogens is 1. The molecule has 7 heteroatoms. The smallest absolute Gasteiger partial charge is 0.213 e. The lowest BCUT2D eigenvalue weighted by Crippen LogP contribution is -2.49. The molecule has 0 amide bonds. The number of hydrogen-bond donors (Lipinski definition) is 0. The molecular weight excluding hydrogens is 295 g/mol. The maximum atomic E-state index is 13.8. The Morgan fingerprint density at radius 1 is 1.24 bits per heavy atom. The average Bonchev–Trinajstić information content (AvgIpc) is 2.46. The Kier molecular flexibility index (Phi) is 4.63. The van der Waals surface area contributed by atoms with Crippen LogP contribution in [-0.4, -0.2) is 50.4 Å². The lowest BCUT2D eigenvalue weighted by atomic mass is 10.1. The van der Waals surface area contributed by atoms with Crippen LogP contribution in [0.25, 0.3) is 0 Å². The Hall–Kier alpha value is -1.47. The molecule has 116 valence electrons. The minimum absolute atomic E-state index is 0.0734. The number of sulfonamides is 1. The number of rotatable bonds is 4. The summed E-state index contributed by atoms with van der Waals surface area (Å²) in [6.07, 6.45) is 0. The third-order valence-corrected chi connectivity index (χ3v) is 5.56. The Morgan fingerprint density at radius 2 is 1.86 bits per heavy atom. The number of hydrogen-bond acceptors (Lipinski definition) is 4. The highest BCUT2D eigenvalue weighted by Crippen LogP contribution is 2.25. The molecule has 1 fully saturated rings. The maximum Gasteiger partial charge on any atom is 0.213 e. The molecule has 0 aromatic heterocycles. The molecule has 1 heterocycles. The zero-order valence-electron chi connectivity index (χ0n) is 12.2. The number of carbonyl (C=O) groups is 1. The molecule has 0 N–H and O–H groups in total. The number of carbonyl (C=O) groups excluding carboxylic acids is 1. The van der Waals surface area contributed by atoms with Crippen molar-refractivity contribution in [2.45, 2.75) is 13.8 Å². The molecule has 0 spiro atoms. The van der Waals surface area contributed by atoms with Gasteiger partial charge in [0.15, 0.2) is 5.78 Å². The van der Waals surface area contributed by atoms with Gasteiger partial charge < -0.3 is 4.90 Å². The summed E-state index contributed by atoms with van der Waals surface area (Å²) in [5.74, 6) is -0.790. The van der Waals surface area contributed by atoms with Gasteiger partial charge in [-0.3, -0.25) is 4.79 Å². The molecule has 1 aliphatic heterocycles. The van der Waals surface area contributed by atoms with E-state index in [2.05, 4.69) is 0 Å². The molecule has 5 nitrogen and oxygen atoms in total. The van der Waals surface area contributed by atoms with Gasteiger partial charge in [0.2, 0.25) is 10.0 Å². The van der Waals surface area contributed by atoms with Crippen LogP contribution in [0.5, 0.6) is 0 Å². The number of Topliss-reactive ketones (excluding diaryl/α,β-unsaturated/α-hetero) is 1. The Bertz CT molecular complexity index is 638. The third kappa shape index (κ3) is 3.24. The normalized spacial score (nSPS) is 17.0. The van der Waals surface area contributed by atoms with Crippen LogP contribution >= 0.6 is 0 Å². The Balaban J connectivity index is 2.21. The molecule has 0 radical (unpaired) electrons. The van der Waals surface area contributed by atoms with Gasteiger partial charge in [-0.15, -0.1) is 0 Å². The third-order valence-electron chi connectivity index (χ3n) is 3.68. The van der Waals surface area contributed by atoms with Crippen molar-refractivity contribution >= 4 is 21.5 Å². The fourth-order valence-electron chi connectivity index (χ4n) is 2.51. The van der Waals surface area contributed by atoms with Crippen LogP contribution in [0.3, 0.4) is 0 Å². The molecule has 0 saturated carbocycles. The van der Waals surface area contributed by atoms with E-state index in [-0.39, 0.29) is 17.1 Å². The van der Waals surface area contributed by atoms with Crippen LogP contribution in [0.4, 0.5) is 10.1 Å². The molecule has 1 aliphatic rings. The summed E-state index contributed by atoms with van der Waals surface area (Å²) in [5.41, 5.74) is 0.611. The second-order valence-corrected chi connectivity index (χ2v) is 7.23. The number of nitrogens with zero attached hydrogens (tertiary/aromatic N) is 2. The van der Waals surface area contributed by atoms with Gasteiger partial charge in [0.25, 0.3) is 0 Å². The summed E-state index contributed by atoms with van der Waals surface area (Å²) in [4.78, 5) is 13.5. The first kappa shape index (κ1) is 15.9. The van der Waals surface area contributed by atoms with Crippen molar-refractivity contribution in [3.63, 3.8) is 0 Å². The first-order valence-electron chi connectivity index (χ1n) is 6.89. The SMILES string of the molecule is CCS(=O)(=O)N1CCN(c2cccc(F)c2C(C)=O)CC1. The van der Waals surface area contributed by atoms with Crippen molar-refractivity contribution in [2.75, 3.05) is 36.8 Å². The molecule has 1 saturated heterocycles. The fourth-order valence-corrected chi connectivity index (χ4v) is 3.60. The molecule has 0 unspecified atom stereocenters. The lowest BCUT2D eigenvalue weighted by Gasteiger charge is -2.36. The predicted octanol–water partition coefficient (Wildman–Crippen LogP) is 1.50. The monoisotopic (exact) mass is 314 g/mol. The number of anilines is 1. The average molecular weight is 314 g/mol. The van der Waals surface area contributed by atoms with E-state index in [0.717, 1.165) is 0 Å². The molecule has 0 aliphatic carbocycles. The minimum Gasteiger partial charge on any atom is -0.368 e. The summed E-state index contributed by atoms with van der Waals surface area (Å²) < 4.78 is 38.9. The Morgan fingerprint density at radius 3 is 2.38 bits per heavy atom. The van der Waals surface area contributed by atoms with Gasteiger partial charge in [0, 0.05) is 26.2 Å². The van der Waals surface area contributed by atoms with Gasteiger partial charge in [0.1, 0.15) is 5.82 Å². The van der Waals surface area contributed by atoms with Gasteiger partial charge in [-0.1, -0.05) is 6.07 Å². The maximum absolute atomic E-state index is 13.8. The van der Waals surface area contributed by atoms with Gasteiger partial charge in [-0.25, -0.2) is 12.8 Å². The van der Waals surface area contributed by atoms with Crippen LogP contribution in [0.15, 0.2) is 18.2 Å². The predicted molar refractivity (Wildman–Crippen MR) is 79.7 cm³/mol. The Labute approximate surface area is 124 Å². The lowest BCUT2D eigenvalue weighted by molar-refractivity contribution is 0.101. The van der Waals surface area contributed by atoms with E-state index in [0.29, 0.717) is 31.9 Å². The van der Waals surface area contributed by atoms with E-state index in [1.165, 1.54) is 17.3 Å². The molecule has 0 atom stereocenters. The fraction of sp³-hybridized carbons (Fsp3) is 0.500. The van der Waals surface area contributed by atoms with Crippen LogP contribution < -0.4 is 4.90 Å². The molecular formula is C14H19FN2O3S. The van der Waals surface area contributed by atoms with Gasteiger partial charge in [-0.2, -0.15) is 4.31 Å².